The van der Waals surface area contributed by atoms with E-state index in [0.29, 0.717) is 5.56 Å². The number of carbonyl (C=O) groups is 1. The molecule has 0 saturated heterocycles. The van der Waals surface area contributed by atoms with E-state index in [1.165, 1.54) is 0 Å². The number of benzene rings is 1. The Morgan fingerprint density at radius 3 is 1.90 bits per heavy atom. The number of carboxylic acid groups (broad SMARTS) is 1. The van der Waals surface area contributed by atoms with Gasteiger partial charge in [-0.05, 0) is 29.4 Å². The van der Waals surface area contributed by atoms with Gasteiger partial charge in [0.15, 0.2) is 5.60 Å². The molecule has 1 atom stereocenters. The number of aliphatic carboxylic acids is 1. The summed E-state index contributed by atoms with van der Waals surface area (Å²) < 4.78 is 0. The van der Waals surface area contributed by atoms with Crippen LogP contribution < -0.4 is 0 Å². The maximum absolute atomic E-state index is 11.8. The Kier molecular flexibility index (Phi) is 4.43. The first kappa shape index (κ1) is 16.0. The minimum atomic E-state index is -1.75. The summed E-state index contributed by atoms with van der Waals surface area (Å²) in [6, 6.07) is 7.44. The Balaban J connectivity index is 2.36. The minimum Gasteiger partial charge on any atom is -0.479 e. The maximum atomic E-state index is 11.8. The highest BCUT2D eigenvalue weighted by molar-refractivity contribution is 5.79. The van der Waals surface area contributed by atoms with Crippen LogP contribution in [0, 0.1) is 5.92 Å². The van der Waals surface area contributed by atoms with Gasteiger partial charge in [0, 0.05) is 5.92 Å². The van der Waals surface area contributed by atoms with Crippen LogP contribution in [0.15, 0.2) is 24.3 Å². The molecule has 2 N–H and O–H groups in total. The molecule has 1 saturated carbocycles. The zero-order valence-corrected chi connectivity index (χ0v) is 13.2. The SMILES string of the molecule is CC(C)(C)c1ccc(C(O)(C(=O)O)C2CCCCC2)cc1. The van der Waals surface area contributed by atoms with Gasteiger partial charge in [-0.1, -0.05) is 64.3 Å². The Labute approximate surface area is 127 Å². The lowest BCUT2D eigenvalue weighted by atomic mass is 9.73. The third-order valence-electron chi connectivity index (χ3n) is 4.71. The van der Waals surface area contributed by atoms with Crippen LogP contribution in [-0.4, -0.2) is 16.2 Å². The van der Waals surface area contributed by atoms with E-state index in [2.05, 4.69) is 20.8 Å². The van der Waals surface area contributed by atoms with Gasteiger partial charge in [0.25, 0.3) is 0 Å². The van der Waals surface area contributed by atoms with Gasteiger partial charge in [-0.2, -0.15) is 0 Å². The average Bonchev–Trinajstić information content (AvgIpc) is 2.46. The molecule has 116 valence electrons. The van der Waals surface area contributed by atoms with E-state index in [9.17, 15) is 15.0 Å². The molecule has 0 bridgehead atoms. The molecule has 3 heteroatoms. The highest BCUT2D eigenvalue weighted by Gasteiger charge is 2.45. The lowest BCUT2D eigenvalue weighted by molar-refractivity contribution is -0.168. The molecule has 1 unspecified atom stereocenters. The fourth-order valence-electron chi connectivity index (χ4n) is 3.28. The van der Waals surface area contributed by atoms with Crippen molar-refractivity contribution in [3.05, 3.63) is 35.4 Å². The third-order valence-corrected chi connectivity index (χ3v) is 4.71. The molecule has 21 heavy (non-hydrogen) atoms. The number of hydrogen-bond acceptors (Lipinski definition) is 2. The molecular formula is C18H26O3. The van der Waals surface area contributed by atoms with Crippen LogP contribution in [0.1, 0.15) is 64.0 Å². The van der Waals surface area contributed by atoms with E-state index >= 15 is 0 Å². The van der Waals surface area contributed by atoms with Crippen molar-refractivity contribution >= 4 is 5.97 Å². The zero-order valence-electron chi connectivity index (χ0n) is 13.2. The molecule has 1 aromatic rings. The van der Waals surface area contributed by atoms with Crippen LogP contribution in [-0.2, 0) is 15.8 Å². The first-order chi connectivity index (χ1) is 9.76. The Bertz CT molecular complexity index is 492. The summed E-state index contributed by atoms with van der Waals surface area (Å²) in [5.41, 5.74) is -0.0841. The highest BCUT2D eigenvalue weighted by atomic mass is 16.4. The molecule has 2 rings (SSSR count). The predicted molar refractivity (Wildman–Crippen MR) is 83.2 cm³/mol. The summed E-state index contributed by atoms with van der Waals surface area (Å²) in [5, 5.41) is 20.5. The van der Waals surface area contributed by atoms with Gasteiger partial charge < -0.3 is 10.2 Å². The van der Waals surface area contributed by atoms with E-state index in [4.69, 9.17) is 0 Å². The van der Waals surface area contributed by atoms with Gasteiger partial charge in [0.1, 0.15) is 0 Å². The quantitative estimate of drug-likeness (QED) is 0.889. The van der Waals surface area contributed by atoms with Crippen molar-refractivity contribution in [2.75, 3.05) is 0 Å². The molecule has 3 nitrogen and oxygen atoms in total. The molecule has 1 aliphatic rings. The normalized spacial score (nSPS) is 20.0. The first-order valence-electron chi connectivity index (χ1n) is 7.83. The lowest BCUT2D eigenvalue weighted by Crippen LogP contribution is -2.44. The van der Waals surface area contributed by atoms with Crippen molar-refractivity contribution < 1.29 is 15.0 Å². The fourth-order valence-corrected chi connectivity index (χ4v) is 3.28. The second kappa shape index (κ2) is 5.80. The van der Waals surface area contributed by atoms with Gasteiger partial charge in [0.2, 0.25) is 0 Å². The summed E-state index contributed by atoms with van der Waals surface area (Å²) in [7, 11) is 0. The molecular weight excluding hydrogens is 264 g/mol. The molecule has 0 aliphatic heterocycles. The van der Waals surface area contributed by atoms with Crippen molar-refractivity contribution in [3.63, 3.8) is 0 Å². The minimum absolute atomic E-state index is 0.0186. The standard InChI is InChI=1S/C18H26O3/c1-17(2,3)13-9-11-15(12-10-13)18(21,16(19)20)14-7-5-4-6-8-14/h9-12,14,21H,4-8H2,1-3H3,(H,19,20). The van der Waals surface area contributed by atoms with Crippen molar-refractivity contribution in [2.24, 2.45) is 5.92 Å². The first-order valence-corrected chi connectivity index (χ1v) is 7.83. The second-order valence-corrected chi connectivity index (χ2v) is 7.23. The van der Waals surface area contributed by atoms with Crippen LogP contribution in [0.5, 0.6) is 0 Å². The molecule has 1 fully saturated rings. The zero-order chi connectivity index (χ0) is 15.7. The smallest absolute Gasteiger partial charge is 0.340 e. The topological polar surface area (TPSA) is 57.5 Å². The molecule has 0 heterocycles. The summed E-state index contributed by atoms with van der Waals surface area (Å²) >= 11 is 0. The van der Waals surface area contributed by atoms with Gasteiger partial charge in [-0.25, -0.2) is 4.79 Å². The van der Waals surface area contributed by atoms with Crippen molar-refractivity contribution in [1.29, 1.82) is 0 Å². The van der Waals surface area contributed by atoms with Crippen molar-refractivity contribution in [3.8, 4) is 0 Å². The summed E-state index contributed by atoms with van der Waals surface area (Å²) in [5.74, 6) is -1.32. The maximum Gasteiger partial charge on any atom is 0.340 e. The Morgan fingerprint density at radius 1 is 1.00 bits per heavy atom. The number of rotatable bonds is 3. The summed E-state index contributed by atoms with van der Waals surface area (Å²) in [6.45, 7) is 6.35. The molecule has 0 aromatic heterocycles. The molecule has 1 aliphatic carbocycles. The monoisotopic (exact) mass is 290 g/mol. The Hall–Kier alpha value is -1.35. The predicted octanol–water partition coefficient (Wildman–Crippen LogP) is 3.84. The molecule has 0 radical (unpaired) electrons. The lowest BCUT2D eigenvalue weighted by Gasteiger charge is -2.35. The molecule has 0 spiro atoms. The third kappa shape index (κ3) is 3.13. The van der Waals surface area contributed by atoms with Gasteiger partial charge in [-0.3, -0.25) is 0 Å². The van der Waals surface area contributed by atoms with Crippen LogP contribution in [0.4, 0.5) is 0 Å². The van der Waals surface area contributed by atoms with Crippen LogP contribution >= 0.6 is 0 Å². The van der Waals surface area contributed by atoms with Gasteiger partial charge >= 0.3 is 5.97 Å². The Morgan fingerprint density at radius 2 is 1.48 bits per heavy atom. The number of aliphatic hydroxyl groups is 1. The largest absolute Gasteiger partial charge is 0.479 e. The average molecular weight is 290 g/mol. The van der Waals surface area contributed by atoms with E-state index in [-0.39, 0.29) is 11.3 Å². The van der Waals surface area contributed by atoms with E-state index in [1.807, 2.05) is 12.1 Å². The summed E-state index contributed by atoms with van der Waals surface area (Å²) in [4.78, 5) is 11.8. The molecule has 1 aromatic carbocycles. The van der Waals surface area contributed by atoms with Crippen LogP contribution in [0.3, 0.4) is 0 Å². The van der Waals surface area contributed by atoms with E-state index in [1.54, 1.807) is 12.1 Å². The van der Waals surface area contributed by atoms with Crippen molar-refractivity contribution in [1.82, 2.24) is 0 Å². The fraction of sp³-hybridized carbons (Fsp3) is 0.611. The number of carboxylic acids is 1. The van der Waals surface area contributed by atoms with E-state index < -0.39 is 11.6 Å². The highest BCUT2D eigenvalue weighted by Crippen LogP contribution is 2.40. The van der Waals surface area contributed by atoms with Crippen molar-refractivity contribution in [2.45, 2.75) is 63.9 Å². The van der Waals surface area contributed by atoms with Crippen LogP contribution in [0.25, 0.3) is 0 Å². The number of hydrogen-bond donors (Lipinski definition) is 2. The van der Waals surface area contributed by atoms with E-state index in [0.717, 1.165) is 37.7 Å². The van der Waals surface area contributed by atoms with Crippen LogP contribution in [0.2, 0.25) is 0 Å². The summed E-state index contributed by atoms with van der Waals surface area (Å²) in [6.07, 6.45) is 4.70. The van der Waals surface area contributed by atoms with Gasteiger partial charge in [-0.15, -0.1) is 0 Å². The molecule has 0 amide bonds. The van der Waals surface area contributed by atoms with Gasteiger partial charge in [0.05, 0.1) is 0 Å². The second-order valence-electron chi connectivity index (χ2n) is 7.23.